The van der Waals surface area contributed by atoms with E-state index in [1.54, 1.807) is 0 Å². The second-order valence-corrected chi connectivity index (χ2v) is 7.70. The molecule has 1 aliphatic rings. The molecule has 0 atom stereocenters. The molecule has 31 heavy (non-hydrogen) atoms. The van der Waals surface area contributed by atoms with Crippen LogP contribution in [0.2, 0.25) is 0 Å². The van der Waals surface area contributed by atoms with Crippen LogP contribution in [0, 0.1) is 13.8 Å². The van der Waals surface area contributed by atoms with E-state index < -0.39 is 11.9 Å². The Morgan fingerprint density at radius 2 is 1.71 bits per heavy atom. The van der Waals surface area contributed by atoms with Gasteiger partial charge in [-0.3, -0.25) is 19.6 Å². The number of nitrogens with zero attached hydrogens (tertiary/aromatic N) is 2. The van der Waals surface area contributed by atoms with E-state index in [0.29, 0.717) is 23.4 Å². The van der Waals surface area contributed by atoms with E-state index in [1.165, 1.54) is 10.8 Å². The second kappa shape index (κ2) is 8.10. The normalized spacial score (nSPS) is 15.1. The molecule has 7 heteroatoms. The van der Waals surface area contributed by atoms with Crippen LogP contribution in [0.3, 0.4) is 0 Å². The molecule has 0 bridgehead atoms. The summed E-state index contributed by atoms with van der Waals surface area (Å²) < 4.78 is 1.45. The van der Waals surface area contributed by atoms with Crippen molar-refractivity contribution in [3.8, 4) is 5.69 Å². The summed E-state index contributed by atoms with van der Waals surface area (Å²) in [5.74, 6) is -0.448. The SMILES string of the molecule is CCc1[nH]n(-c2ccc(C)cc2)c(=O)c1/C=C1\NC(=O)N(Cc2cccc(C)c2)C1=O. The Labute approximate surface area is 180 Å². The standard InChI is InChI=1S/C24H24N4O3/c1-4-20-19(22(29)28(26-20)18-10-8-15(2)9-11-18)13-21-23(30)27(24(31)25-21)14-17-7-5-6-16(3)12-17/h5-13,26H,4,14H2,1-3H3,(H,25,31)/b21-13-. The fourth-order valence-corrected chi connectivity index (χ4v) is 3.64. The number of carbonyl (C=O) groups is 2. The summed E-state index contributed by atoms with van der Waals surface area (Å²) >= 11 is 0. The lowest BCUT2D eigenvalue weighted by molar-refractivity contribution is -0.123. The molecule has 1 saturated heterocycles. The number of nitrogens with one attached hydrogen (secondary N) is 2. The Morgan fingerprint density at radius 1 is 0.968 bits per heavy atom. The Kier molecular flexibility index (Phi) is 5.33. The summed E-state index contributed by atoms with van der Waals surface area (Å²) in [6, 6.07) is 14.7. The number of aryl methyl sites for hydroxylation is 3. The smallest absolute Gasteiger partial charge is 0.303 e. The van der Waals surface area contributed by atoms with Crippen molar-refractivity contribution in [1.82, 2.24) is 20.0 Å². The first-order valence-electron chi connectivity index (χ1n) is 10.2. The van der Waals surface area contributed by atoms with E-state index in [2.05, 4.69) is 10.4 Å². The summed E-state index contributed by atoms with van der Waals surface area (Å²) in [6.45, 7) is 6.03. The average molecular weight is 416 g/mol. The number of hydrogen-bond donors (Lipinski definition) is 2. The van der Waals surface area contributed by atoms with Gasteiger partial charge in [0, 0.05) is 5.69 Å². The molecule has 158 valence electrons. The topological polar surface area (TPSA) is 87.2 Å². The van der Waals surface area contributed by atoms with Crippen molar-refractivity contribution in [3.63, 3.8) is 0 Å². The van der Waals surface area contributed by atoms with Crippen LogP contribution in [-0.4, -0.2) is 26.6 Å². The number of amides is 3. The molecular formula is C24H24N4O3. The van der Waals surface area contributed by atoms with E-state index in [0.717, 1.165) is 21.6 Å². The number of imide groups is 1. The van der Waals surface area contributed by atoms with Crippen LogP contribution >= 0.6 is 0 Å². The van der Waals surface area contributed by atoms with Gasteiger partial charge in [-0.2, -0.15) is 0 Å². The van der Waals surface area contributed by atoms with Crippen molar-refractivity contribution in [3.05, 3.63) is 92.5 Å². The van der Waals surface area contributed by atoms with Crippen LogP contribution in [0.4, 0.5) is 4.79 Å². The van der Waals surface area contributed by atoms with E-state index in [4.69, 9.17) is 0 Å². The molecule has 1 fully saturated rings. The predicted molar refractivity (Wildman–Crippen MR) is 119 cm³/mol. The van der Waals surface area contributed by atoms with Crippen LogP contribution in [-0.2, 0) is 17.8 Å². The summed E-state index contributed by atoms with van der Waals surface area (Å²) in [6.07, 6.45) is 2.04. The molecule has 0 unspecified atom stereocenters. The van der Waals surface area contributed by atoms with Crippen LogP contribution in [0.25, 0.3) is 11.8 Å². The molecule has 0 spiro atoms. The zero-order chi connectivity index (χ0) is 22.1. The highest BCUT2D eigenvalue weighted by molar-refractivity contribution is 6.13. The molecule has 3 aromatic rings. The number of urea groups is 1. The maximum Gasteiger partial charge on any atom is 0.329 e. The van der Waals surface area contributed by atoms with Gasteiger partial charge in [0.25, 0.3) is 11.5 Å². The van der Waals surface area contributed by atoms with E-state index in [-0.39, 0.29) is 17.8 Å². The van der Waals surface area contributed by atoms with E-state index >= 15 is 0 Å². The second-order valence-electron chi connectivity index (χ2n) is 7.70. The van der Waals surface area contributed by atoms with Crippen LogP contribution in [0.5, 0.6) is 0 Å². The van der Waals surface area contributed by atoms with Gasteiger partial charge in [-0.15, -0.1) is 0 Å². The summed E-state index contributed by atoms with van der Waals surface area (Å²) in [4.78, 5) is 39.5. The van der Waals surface area contributed by atoms with Gasteiger partial charge in [-0.25, -0.2) is 9.48 Å². The molecule has 1 aromatic heterocycles. The Morgan fingerprint density at radius 3 is 2.39 bits per heavy atom. The third kappa shape index (κ3) is 3.94. The van der Waals surface area contributed by atoms with E-state index in [9.17, 15) is 14.4 Å². The Balaban J connectivity index is 1.67. The number of rotatable bonds is 5. The average Bonchev–Trinajstić information content (AvgIpc) is 3.20. The first-order chi connectivity index (χ1) is 14.9. The molecule has 0 saturated carbocycles. The highest BCUT2D eigenvalue weighted by Gasteiger charge is 2.34. The first-order valence-corrected chi connectivity index (χ1v) is 10.2. The van der Waals surface area contributed by atoms with Gasteiger partial charge in [0.05, 0.1) is 17.8 Å². The molecule has 2 aromatic carbocycles. The third-order valence-electron chi connectivity index (χ3n) is 5.33. The quantitative estimate of drug-likeness (QED) is 0.493. The zero-order valence-electron chi connectivity index (χ0n) is 17.7. The first kappa shape index (κ1) is 20.4. The summed E-state index contributed by atoms with van der Waals surface area (Å²) in [7, 11) is 0. The maximum absolute atomic E-state index is 13.1. The molecule has 3 amide bonds. The number of carbonyl (C=O) groups excluding carboxylic acids is 2. The molecule has 7 nitrogen and oxygen atoms in total. The van der Waals surface area contributed by atoms with Gasteiger partial charge in [0.2, 0.25) is 0 Å². The van der Waals surface area contributed by atoms with Gasteiger partial charge >= 0.3 is 6.03 Å². The fraction of sp³-hybridized carbons (Fsp3) is 0.208. The molecular weight excluding hydrogens is 392 g/mol. The number of aromatic nitrogens is 2. The highest BCUT2D eigenvalue weighted by atomic mass is 16.2. The van der Waals surface area contributed by atoms with E-state index in [1.807, 2.05) is 69.3 Å². The molecule has 1 aliphatic heterocycles. The van der Waals surface area contributed by atoms with Crippen molar-refractivity contribution in [2.24, 2.45) is 0 Å². The number of aromatic amines is 1. The Bertz CT molecular complexity index is 1250. The molecule has 2 N–H and O–H groups in total. The maximum atomic E-state index is 13.1. The molecule has 0 aliphatic carbocycles. The fourth-order valence-electron chi connectivity index (χ4n) is 3.64. The lowest BCUT2D eigenvalue weighted by Gasteiger charge is -2.12. The van der Waals surface area contributed by atoms with Crippen molar-refractivity contribution in [1.29, 1.82) is 0 Å². The van der Waals surface area contributed by atoms with Crippen LogP contribution < -0.4 is 10.9 Å². The minimum atomic E-state index is -0.495. The number of H-pyrrole nitrogens is 1. The largest absolute Gasteiger partial charge is 0.329 e. The molecule has 0 radical (unpaired) electrons. The van der Waals surface area contributed by atoms with Crippen molar-refractivity contribution >= 4 is 18.0 Å². The highest BCUT2D eigenvalue weighted by Crippen LogP contribution is 2.18. The van der Waals surface area contributed by atoms with Gasteiger partial charge in [-0.1, -0.05) is 54.4 Å². The number of benzene rings is 2. The predicted octanol–water partition coefficient (Wildman–Crippen LogP) is 3.44. The minimum Gasteiger partial charge on any atom is -0.303 e. The molecule has 2 heterocycles. The zero-order valence-corrected chi connectivity index (χ0v) is 17.7. The lowest BCUT2D eigenvalue weighted by Crippen LogP contribution is -2.30. The molecule has 4 rings (SSSR count). The van der Waals surface area contributed by atoms with Gasteiger partial charge < -0.3 is 5.32 Å². The van der Waals surface area contributed by atoms with Gasteiger partial charge in [0.15, 0.2) is 0 Å². The van der Waals surface area contributed by atoms with Crippen molar-refractivity contribution < 1.29 is 9.59 Å². The van der Waals surface area contributed by atoms with Crippen LogP contribution in [0.15, 0.2) is 59.0 Å². The third-order valence-corrected chi connectivity index (χ3v) is 5.33. The number of hydrogen-bond acceptors (Lipinski definition) is 3. The van der Waals surface area contributed by atoms with Gasteiger partial charge in [-0.05, 0) is 44.0 Å². The van der Waals surface area contributed by atoms with Crippen molar-refractivity contribution in [2.45, 2.75) is 33.7 Å². The monoisotopic (exact) mass is 416 g/mol. The minimum absolute atomic E-state index is 0.0968. The van der Waals surface area contributed by atoms with Gasteiger partial charge in [0.1, 0.15) is 5.70 Å². The van der Waals surface area contributed by atoms with Crippen molar-refractivity contribution in [2.75, 3.05) is 0 Å². The summed E-state index contributed by atoms with van der Waals surface area (Å²) in [5.41, 5.74) is 4.60. The van der Waals surface area contributed by atoms with Crippen LogP contribution in [0.1, 0.15) is 34.9 Å². The lowest BCUT2D eigenvalue weighted by atomic mass is 10.1. The summed E-state index contributed by atoms with van der Waals surface area (Å²) in [5, 5.41) is 5.72. The Hall–Kier alpha value is -3.87.